The SMILES string of the molecule is CC(Sc1cc(C#N)ccn1)C(=O)c1cc(F)ccc1F. The molecule has 3 nitrogen and oxygen atoms in total. The van der Waals surface area contributed by atoms with E-state index < -0.39 is 22.7 Å². The molecule has 21 heavy (non-hydrogen) atoms. The summed E-state index contributed by atoms with van der Waals surface area (Å²) in [6.45, 7) is 1.58. The molecule has 0 radical (unpaired) electrons. The maximum Gasteiger partial charge on any atom is 0.178 e. The monoisotopic (exact) mass is 304 g/mol. The van der Waals surface area contributed by atoms with Crippen molar-refractivity contribution < 1.29 is 13.6 Å². The lowest BCUT2D eigenvalue weighted by molar-refractivity contribution is 0.0989. The zero-order valence-corrected chi connectivity index (χ0v) is 11.8. The predicted molar refractivity (Wildman–Crippen MR) is 75.0 cm³/mol. The number of hydrogen-bond donors (Lipinski definition) is 0. The summed E-state index contributed by atoms with van der Waals surface area (Å²) in [5.41, 5.74) is 0.135. The highest BCUT2D eigenvalue weighted by molar-refractivity contribution is 8.00. The van der Waals surface area contributed by atoms with Gasteiger partial charge in [0, 0.05) is 6.20 Å². The Morgan fingerprint density at radius 2 is 2.10 bits per heavy atom. The van der Waals surface area contributed by atoms with Gasteiger partial charge in [-0.1, -0.05) is 11.8 Å². The largest absolute Gasteiger partial charge is 0.293 e. The highest BCUT2D eigenvalue weighted by Gasteiger charge is 2.21. The number of Topliss-reactive ketones (excluding diaryl/α,β-unsaturated/α-hetero) is 1. The van der Waals surface area contributed by atoms with Gasteiger partial charge in [0.25, 0.3) is 0 Å². The number of thioether (sulfide) groups is 1. The molecule has 1 heterocycles. The van der Waals surface area contributed by atoms with E-state index in [1.807, 2.05) is 6.07 Å². The van der Waals surface area contributed by atoms with E-state index >= 15 is 0 Å². The number of hydrogen-bond acceptors (Lipinski definition) is 4. The maximum absolute atomic E-state index is 13.6. The Morgan fingerprint density at radius 1 is 1.33 bits per heavy atom. The van der Waals surface area contributed by atoms with Crippen LogP contribution in [-0.2, 0) is 0 Å². The number of ketones is 1. The van der Waals surface area contributed by atoms with Crippen molar-refractivity contribution in [3.8, 4) is 6.07 Å². The van der Waals surface area contributed by atoms with Crippen LogP contribution in [0.1, 0.15) is 22.8 Å². The van der Waals surface area contributed by atoms with E-state index in [1.165, 1.54) is 12.3 Å². The van der Waals surface area contributed by atoms with Gasteiger partial charge in [0.05, 0.1) is 27.5 Å². The van der Waals surface area contributed by atoms with Crippen LogP contribution in [0.25, 0.3) is 0 Å². The van der Waals surface area contributed by atoms with Crippen LogP contribution in [0.3, 0.4) is 0 Å². The second-order valence-electron chi connectivity index (χ2n) is 4.24. The summed E-state index contributed by atoms with van der Waals surface area (Å²) in [7, 11) is 0. The fourth-order valence-electron chi connectivity index (χ4n) is 1.68. The van der Waals surface area contributed by atoms with Crippen molar-refractivity contribution in [1.82, 2.24) is 4.98 Å². The molecule has 1 aromatic heterocycles. The van der Waals surface area contributed by atoms with Crippen molar-refractivity contribution in [2.75, 3.05) is 0 Å². The molecule has 0 aliphatic heterocycles. The van der Waals surface area contributed by atoms with Crippen molar-refractivity contribution in [1.29, 1.82) is 5.26 Å². The molecular weight excluding hydrogens is 294 g/mol. The normalized spacial score (nSPS) is 11.7. The Kier molecular flexibility index (Phi) is 4.66. The van der Waals surface area contributed by atoms with Crippen molar-refractivity contribution >= 4 is 17.5 Å². The fraction of sp³-hybridized carbons (Fsp3) is 0.133. The lowest BCUT2D eigenvalue weighted by Crippen LogP contribution is -2.15. The first-order valence-electron chi connectivity index (χ1n) is 6.03. The van der Waals surface area contributed by atoms with Crippen LogP contribution in [-0.4, -0.2) is 16.0 Å². The van der Waals surface area contributed by atoms with Crippen molar-refractivity contribution in [3.63, 3.8) is 0 Å². The molecule has 2 aromatic rings. The Hall–Kier alpha value is -2.26. The number of aromatic nitrogens is 1. The zero-order valence-electron chi connectivity index (χ0n) is 11.0. The van der Waals surface area contributed by atoms with Crippen LogP contribution in [0.4, 0.5) is 8.78 Å². The van der Waals surface area contributed by atoms with Crippen molar-refractivity contribution in [2.45, 2.75) is 17.2 Å². The average molecular weight is 304 g/mol. The summed E-state index contributed by atoms with van der Waals surface area (Å²) < 4.78 is 26.7. The molecule has 1 aromatic carbocycles. The quantitative estimate of drug-likeness (QED) is 0.640. The van der Waals surface area contributed by atoms with E-state index in [1.54, 1.807) is 13.0 Å². The number of carbonyl (C=O) groups is 1. The van der Waals surface area contributed by atoms with Gasteiger partial charge in [0.1, 0.15) is 11.6 Å². The predicted octanol–water partition coefficient (Wildman–Crippen LogP) is 3.59. The van der Waals surface area contributed by atoms with E-state index in [4.69, 9.17) is 5.26 Å². The minimum atomic E-state index is -0.757. The molecule has 0 saturated heterocycles. The number of pyridine rings is 1. The van der Waals surface area contributed by atoms with Crippen LogP contribution in [0.15, 0.2) is 41.6 Å². The van der Waals surface area contributed by atoms with Crippen LogP contribution >= 0.6 is 11.8 Å². The summed E-state index contributed by atoms with van der Waals surface area (Å²) in [5.74, 6) is -1.95. The molecule has 0 fully saturated rings. The summed E-state index contributed by atoms with van der Waals surface area (Å²) in [5, 5.41) is 8.63. The van der Waals surface area contributed by atoms with Crippen molar-refractivity contribution in [3.05, 3.63) is 59.3 Å². The van der Waals surface area contributed by atoms with Crippen molar-refractivity contribution in [2.24, 2.45) is 0 Å². The second kappa shape index (κ2) is 6.46. The summed E-state index contributed by atoms with van der Waals surface area (Å²) >= 11 is 1.09. The number of halogens is 2. The van der Waals surface area contributed by atoms with Crippen LogP contribution in [0, 0.1) is 23.0 Å². The third-order valence-corrected chi connectivity index (χ3v) is 3.76. The van der Waals surface area contributed by atoms with E-state index in [9.17, 15) is 13.6 Å². The van der Waals surface area contributed by atoms with E-state index in [0.717, 1.165) is 30.0 Å². The molecule has 0 amide bonds. The molecule has 0 N–H and O–H groups in total. The van der Waals surface area contributed by atoms with E-state index in [-0.39, 0.29) is 5.56 Å². The second-order valence-corrected chi connectivity index (χ2v) is 5.60. The summed E-state index contributed by atoms with van der Waals surface area (Å²) in [4.78, 5) is 16.2. The van der Waals surface area contributed by atoms with Crippen LogP contribution in [0.5, 0.6) is 0 Å². The number of carbonyl (C=O) groups excluding carboxylic acids is 1. The first kappa shape index (κ1) is 15.1. The number of benzene rings is 1. The molecule has 0 aliphatic rings. The molecular formula is C15H10F2N2OS. The van der Waals surface area contributed by atoms with Gasteiger partial charge in [0.15, 0.2) is 5.78 Å². The molecule has 1 atom stereocenters. The third kappa shape index (κ3) is 3.64. The standard InChI is InChI=1S/C15H10F2N2OS/c1-9(21-14-6-10(8-18)4-5-19-14)15(20)12-7-11(16)2-3-13(12)17/h2-7,9H,1H3. The van der Waals surface area contributed by atoms with Gasteiger partial charge in [-0.3, -0.25) is 4.79 Å². The lowest BCUT2D eigenvalue weighted by Gasteiger charge is -2.10. The molecule has 2 rings (SSSR count). The van der Waals surface area contributed by atoms with E-state index in [2.05, 4.69) is 4.98 Å². The van der Waals surface area contributed by atoms with Gasteiger partial charge < -0.3 is 0 Å². The van der Waals surface area contributed by atoms with Gasteiger partial charge in [0.2, 0.25) is 0 Å². The number of nitrogens with zero attached hydrogens (tertiary/aromatic N) is 2. The van der Waals surface area contributed by atoms with Gasteiger partial charge in [-0.25, -0.2) is 13.8 Å². The maximum atomic E-state index is 13.6. The molecule has 106 valence electrons. The third-order valence-electron chi connectivity index (χ3n) is 2.72. The molecule has 0 spiro atoms. The Labute approximate surface area is 124 Å². The Balaban J connectivity index is 2.19. The van der Waals surface area contributed by atoms with Gasteiger partial charge in [-0.05, 0) is 37.3 Å². The average Bonchev–Trinajstić information content (AvgIpc) is 2.49. The molecule has 1 unspecified atom stereocenters. The molecule has 0 bridgehead atoms. The van der Waals surface area contributed by atoms with Crippen LogP contribution < -0.4 is 0 Å². The van der Waals surface area contributed by atoms with Crippen LogP contribution in [0.2, 0.25) is 0 Å². The van der Waals surface area contributed by atoms with Gasteiger partial charge in [-0.15, -0.1) is 0 Å². The fourth-order valence-corrected chi connectivity index (χ4v) is 2.60. The number of nitriles is 1. The molecule has 0 aliphatic carbocycles. The number of rotatable bonds is 4. The van der Waals surface area contributed by atoms with Gasteiger partial charge in [-0.2, -0.15) is 5.26 Å². The Morgan fingerprint density at radius 3 is 2.81 bits per heavy atom. The topological polar surface area (TPSA) is 53.8 Å². The highest BCUT2D eigenvalue weighted by atomic mass is 32.2. The zero-order chi connectivity index (χ0) is 15.4. The van der Waals surface area contributed by atoms with Gasteiger partial charge >= 0.3 is 0 Å². The summed E-state index contributed by atoms with van der Waals surface area (Å²) in [6, 6.07) is 7.82. The first-order valence-corrected chi connectivity index (χ1v) is 6.91. The molecule has 6 heteroatoms. The Bertz CT molecular complexity index is 728. The smallest absolute Gasteiger partial charge is 0.178 e. The minimum absolute atomic E-state index is 0.286. The summed E-state index contributed by atoms with van der Waals surface area (Å²) in [6.07, 6.45) is 1.46. The first-order chi connectivity index (χ1) is 10.0. The molecule has 0 saturated carbocycles. The highest BCUT2D eigenvalue weighted by Crippen LogP contribution is 2.25. The minimum Gasteiger partial charge on any atom is -0.293 e. The lowest BCUT2D eigenvalue weighted by atomic mass is 10.1. The van der Waals surface area contributed by atoms with E-state index in [0.29, 0.717) is 10.6 Å².